The van der Waals surface area contributed by atoms with Gasteiger partial charge in [0.2, 0.25) is 0 Å². The highest BCUT2D eigenvalue weighted by Gasteiger charge is 2.16. The smallest absolute Gasteiger partial charge is 0.290 e. The number of ether oxygens (including phenoxy) is 2. The van der Waals surface area contributed by atoms with Gasteiger partial charge in [0, 0.05) is 18.5 Å². The Morgan fingerprint density at radius 1 is 1.09 bits per heavy atom. The molecule has 0 radical (unpaired) electrons. The summed E-state index contributed by atoms with van der Waals surface area (Å²) in [7, 11) is 1.78. The van der Waals surface area contributed by atoms with Crippen LogP contribution in [0.4, 0.5) is 10.1 Å². The highest BCUT2D eigenvalue weighted by molar-refractivity contribution is 8.14. The Morgan fingerprint density at radius 3 is 2.29 bits per heavy atom. The van der Waals surface area contributed by atoms with Crippen LogP contribution < -0.4 is 14.8 Å². The lowest BCUT2D eigenvalue weighted by Gasteiger charge is -2.08. The molecule has 2 N–H and O–H groups in total. The van der Waals surface area contributed by atoms with E-state index in [1.165, 1.54) is 12.1 Å². The first kappa shape index (κ1) is 27.7. The maximum atomic E-state index is 12.5. The molecule has 0 amide bonds. The number of halogens is 1. The number of carboxylic acid groups (broad SMARTS) is 1. The number of rotatable bonds is 7. The van der Waals surface area contributed by atoms with Crippen LogP contribution in [0.3, 0.4) is 0 Å². The third kappa shape index (κ3) is 10.1. The second kappa shape index (κ2) is 15.4. The summed E-state index contributed by atoms with van der Waals surface area (Å²) in [6.07, 6.45) is 1.10. The number of nitrogens with one attached hydrogen (secondary N) is 1. The van der Waals surface area contributed by atoms with Crippen molar-refractivity contribution in [2.24, 2.45) is 4.99 Å². The van der Waals surface area contributed by atoms with Gasteiger partial charge in [-0.15, -0.1) is 11.8 Å². The van der Waals surface area contributed by atoms with Gasteiger partial charge in [-0.3, -0.25) is 9.79 Å². The molecule has 0 fully saturated rings. The zero-order valence-corrected chi connectivity index (χ0v) is 20.9. The van der Waals surface area contributed by atoms with Crippen molar-refractivity contribution in [3.63, 3.8) is 0 Å². The van der Waals surface area contributed by atoms with Gasteiger partial charge in [-0.25, -0.2) is 4.39 Å². The minimum absolute atomic E-state index is 0.199. The van der Waals surface area contributed by atoms with E-state index in [0.717, 1.165) is 45.7 Å². The van der Waals surface area contributed by atoms with Gasteiger partial charge < -0.3 is 19.9 Å². The van der Waals surface area contributed by atoms with Gasteiger partial charge in [0.05, 0.1) is 6.04 Å². The molecule has 1 aliphatic rings. The van der Waals surface area contributed by atoms with Crippen LogP contribution in [-0.4, -0.2) is 42.1 Å². The first-order chi connectivity index (χ1) is 17.0. The minimum atomic E-state index is -0.250. The van der Waals surface area contributed by atoms with Crippen LogP contribution >= 0.6 is 11.8 Å². The summed E-state index contributed by atoms with van der Waals surface area (Å²) in [4.78, 5) is 13.0. The highest BCUT2D eigenvalue weighted by Crippen LogP contribution is 2.25. The molecule has 0 spiro atoms. The molecule has 0 aliphatic carbocycles. The lowest BCUT2D eigenvalue weighted by Crippen LogP contribution is -2.06. The largest absolute Gasteiger partial charge is 0.487 e. The summed E-state index contributed by atoms with van der Waals surface area (Å²) in [5.41, 5.74) is 1.91. The number of benzene rings is 3. The fraction of sp³-hybridized carbons (Fsp3) is 0.259. The average Bonchev–Trinajstić information content (AvgIpc) is 3.35. The van der Waals surface area contributed by atoms with E-state index in [0.29, 0.717) is 12.6 Å². The molecule has 0 saturated heterocycles. The number of aliphatic imine (C=N–C) groups is 1. The number of para-hydroxylation sites is 1. The third-order valence-corrected chi connectivity index (χ3v) is 5.98. The second-order valence-electron chi connectivity index (χ2n) is 7.39. The number of hydrogen-bond donors (Lipinski definition) is 2. The maximum Gasteiger partial charge on any atom is 0.290 e. The normalized spacial score (nSPS) is 13.8. The molecular formula is C27H31FN2O4S. The summed E-state index contributed by atoms with van der Waals surface area (Å²) in [6.45, 7) is 4.41. The maximum absolute atomic E-state index is 12.5. The predicted octanol–water partition coefficient (Wildman–Crippen LogP) is 6.66. The Hall–Kier alpha value is -3.52. The van der Waals surface area contributed by atoms with Crippen LogP contribution in [-0.2, 0) is 4.79 Å². The molecule has 1 aliphatic heterocycles. The summed E-state index contributed by atoms with van der Waals surface area (Å²) >= 11 is 1.80. The van der Waals surface area contributed by atoms with Gasteiger partial charge in [0.1, 0.15) is 34.7 Å². The lowest BCUT2D eigenvalue weighted by atomic mass is 10.2. The first-order valence-electron chi connectivity index (χ1n) is 11.2. The van der Waals surface area contributed by atoms with Crippen LogP contribution in [0.1, 0.15) is 18.9 Å². The molecule has 3 aromatic rings. The summed E-state index contributed by atoms with van der Waals surface area (Å²) < 4.78 is 24.0. The van der Waals surface area contributed by atoms with E-state index >= 15 is 0 Å². The Labute approximate surface area is 210 Å². The zero-order chi connectivity index (χ0) is 25.5. The van der Waals surface area contributed by atoms with E-state index in [4.69, 9.17) is 19.4 Å². The number of hydrogen-bond acceptors (Lipinski definition) is 6. The topological polar surface area (TPSA) is 80.2 Å². The van der Waals surface area contributed by atoms with E-state index in [9.17, 15) is 4.39 Å². The van der Waals surface area contributed by atoms with Gasteiger partial charge in [0.15, 0.2) is 0 Å². The fourth-order valence-electron chi connectivity index (χ4n) is 3.00. The number of aryl methyl sites for hydroxylation is 1. The fourth-order valence-corrected chi connectivity index (χ4v) is 4.06. The van der Waals surface area contributed by atoms with Gasteiger partial charge in [-0.05, 0) is 67.4 Å². The zero-order valence-electron chi connectivity index (χ0n) is 20.1. The van der Waals surface area contributed by atoms with E-state index in [1.807, 2.05) is 61.5 Å². The Balaban J connectivity index is 0.000000277. The number of thioether (sulfide) groups is 1. The molecular weight excluding hydrogens is 467 g/mol. The molecule has 6 nitrogen and oxygen atoms in total. The van der Waals surface area contributed by atoms with Crippen molar-refractivity contribution < 1.29 is 23.8 Å². The molecule has 1 atom stereocenters. The molecule has 186 valence electrons. The van der Waals surface area contributed by atoms with Crippen LogP contribution in [0.2, 0.25) is 0 Å². The Kier molecular flexibility index (Phi) is 12.2. The van der Waals surface area contributed by atoms with Gasteiger partial charge >= 0.3 is 0 Å². The van der Waals surface area contributed by atoms with E-state index in [-0.39, 0.29) is 12.3 Å². The quantitative estimate of drug-likeness (QED) is 0.355. The average molecular weight is 499 g/mol. The van der Waals surface area contributed by atoms with Crippen molar-refractivity contribution in [3.05, 3.63) is 84.2 Å². The predicted molar refractivity (Wildman–Crippen MR) is 142 cm³/mol. The van der Waals surface area contributed by atoms with E-state index in [2.05, 4.69) is 17.2 Å². The van der Waals surface area contributed by atoms with Crippen molar-refractivity contribution in [2.45, 2.75) is 26.3 Å². The van der Waals surface area contributed by atoms with Crippen molar-refractivity contribution in [2.75, 3.05) is 24.7 Å². The Bertz CT molecular complexity index is 1060. The van der Waals surface area contributed by atoms with Crippen LogP contribution in [0.5, 0.6) is 17.2 Å². The third-order valence-electron chi connectivity index (χ3n) is 4.87. The number of nitrogens with zero attached hydrogens (tertiary/aromatic N) is 1. The molecule has 1 heterocycles. The van der Waals surface area contributed by atoms with Gasteiger partial charge in [-0.1, -0.05) is 31.2 Å². The van der Waals surface area contributed by atoms with Crippen molar-refractivity contribution in [1.82, 2.24) is 0 Å². The molecule has 35 heavy (non-hydrogen) atoms. The molecule has 0 saturated carbocycles. The number of anilines is 1. The van der Waals surface area contributed by atoms with E-state index < -0.39 is 0 Å². The summed E-state index contributed by atoms with van der Waals surface area (Å²) in [5.74, 6) is 3.35. The molecule has 3 aromatic carbocycles. The van der Waals surface area contributed by atoms with E-state index in [1.54, 1.807) is 24.9 Å². The molecule has 1 unspecified atom stereocenters. The monoisotopic (exact) mass is 498 g/mol. The summed E-state index contributed by atoms with van der Waals surface area (Å²) in [5, 5.41) is 10.9. The molecule has 8 heteroatoms. The summed E-state index contributed by atoms with van der Waals surface area (Å²) in [6, 6.07) is 22.6. The molecule has 4 rings (SSSR count). The second-order valence-corrected chi connectivity index (χ2v) is 8.48. The van der Waals surface area contributed by atoms with Crippen molar-refractivity contribution >= 4 is 29.0 Å². The highest BCUT2D eigenvalue weighted by atomic mass is 32.2. The standard InChI is InChI=1S/C18H19NO2S.C8H10FN.CH2O2/c1-2-14-13-22-18(19-14)12-20-15-8-10-17(11-9-15)21-16-6-4-3-5-7-16;1-6-3-4-7(9)5-8(6)10-2;2-1-3/h3-11,14H,2,12-13H2,1H3;3-5,10H,1-2H3;1H,(H,2,3). The van der Waals surface area contributed by atoms with Crippen LogP contribution in [0, 0.1) is 12.7 Å². The molecule has 0 bridgehead atoms. The lowest BCUT2D eigenvalue weighted by molar-refractivity contribution is -0.122. The van der Waals surface area contributed by atoms with Crippen LogP contribution in [0.25, 0.3) is 0 Å². The van der Waals surface area contributed by atoms with Gasteiger partial charge in [-0.2, -0.15) is 0 Å². The number of carbonyl (C=O) groups is 1. The minimum Gasteiger partial charge on any atom is -0.487 e. The SMILES string of the molecule is CCC1CSC(COc2ccc(Oc3ccccc3)cc2)=N1.CNc1cc(F)ccc1C.O=CO. The Morgan fingerprint density at radius 2 is 1.71 bits per heavy atom. The molecule has 0 aromatic heterocycles. The van der Waals surface area contributed by atoms with Crippen molar-refractivity contribution in [3.8, 4) is 17.2 Å². The first-order valence-corrected chi connectivity index (χ1v) is 12.1. The van der Waals surface area contributed by atoms with Crippen LogP contribution in [0.15, 0.2) is 77.8 Å². The van der Waals surface area contributed by atoms with Gasteiger partial charge in [0.25, 0.3) is 6.47 Å². The van der Waals surface area contributed by atoms with Crippen molar-refractivity contribution in [1.29, 1.82) is 0 Å².